The summed E-state index contributed by atoms with van der Waals surface area (Å²) < 4.78 is 27.6. The van der Waals surface area contributed by atoms with E-state index in [4.69, 9.17) is 0 Å². The van der Waals surface area contributed by atoms with E-state index in [1.165, 1.54) is 12.1 Å². The van der Waals surface area contributed by atoms with Crippen LogP contribution in [-0.4, -0.2) is 29.6 Å². The first-order valence-electron chi connectivity index (χ1n) is 10.6. The van der Waals surface area contributed by atoms with Crippen LogP contribution in [-0.2, 0) is 0 Å². The third-order valence-corrected chi connectivity index (χ3v) is 6.19. The van der Waals surface area contributed by atoms with Gasteiger partial charge >= 0.3 is 6.03 Å². The number of fused-ring (bicyclic) bond motifs is 1. The Labute approximate surface area is 171 Å². The first kappa shape index (κ1) is 19.9. The highest BCUT2D eigenvalue weighted by atomic mass is 19.2. The van der Waals surface area contributed by atoms with Crippen molar-refractivity contribution in [3.8, 4) is 0 Å². The number of halogens is 2. The minimum atomic E-state index is -0.831. The lowest BCUT2D eigenvalue weighted by Crippen LogP contribution is -2.41. The predicted octanol–water partition coefficient (Wildman–Crippen LogP) is 5.96. The van der Waals surface area contributed by atoms with Crippen molar-refractivity contribution in [1.82, 2.24) is 4.90 Å². The molecule has 2 aromatic rings. The number of rotatable bonds is 4. The van der Waals surface area contributed by atoms with E-state index in [0.717, 1.165) is 36.9 Å². The summed E-state index contributed by atoms with van der Waals surface area (Å²) in [6.45, 7) is 4.95. The lowest BCUT2D eigenvalue weighted by atomic mass is 9.85. The van der Waals surface area contributed by atoms with Gasteiger partial charge in [0, 0.05) is 18.2 Å². The van der Waals surface area contributed by atoms with Crippen LogP contribution in [0.1, 0.15) is 51.0 Å². The number of carbonyl (C=O) groups is 1. The molecule has 0 aromatic heterocycles. The summed E-state index contributed by atoms with van der Waals surface area (Å²) in [5, 5.41) is 0. The summed E-state index contributed by atoms with van der Waals surface area (Å²) in [4.78, 5) is 17.5. The van der Waals surface area contributed by atoms with Crippen LogP contribution in [0.3, 0.4) is 0 Å². The molecule has 1 aliphatic heterocycles. The van der Waals surface area contributed by atoms with E-state index in [0.29, 0.717) is 12.5 Å². The Morgan fingerprint density at radius 2 is 1.72 bits per heavy atom. The molecule has 2 amide bonds. The van der Waals surface area contributed by atoms with E-state index in [2.05, 4.69) is 13.8 Å². The van der Waals surface area contributed by atoms with E-state index in [-0.39, 0.29) is 24.0 Å². The van der Waals surface area contributed by atoms with Gasteiger partial charge in [0.2, 0.25) is 0 Å². The topological polar surface area (TPSA) is 23.6 Å². The number of para-hydroxylation sites is 1. The van der Waals surface area contributed by atoms with Gasteiger partial charge in [0.25, 0.3) is 0 Å². The largest absolute Gasteiger partial charge is 0.325 e. The van der Waals surface area contributed by atoms with Crippen LogP contribution < -0.4 is 4.90 Å². The van der Waals surface area contributed by atoms with Gasteiger partial charge in [0.15, 0.2) is 11.6 Å². The highest BCUT2D eigenvalue weighted by molar-refractivity contribution is 5.96. The van der Waals surface area contributed by atoms with Crippen LogP contribution in [0.15, 0.2) is 48.5 Å². The molecule has 2 fully saturated rings. The van der Waals surface area contributed by atoms with Crippen molar-refractivity contribution in [3.05, 3.63) is 65.7 Å². The van der Waals surface area contributed by atoms with Gasteiger partial charge in [-0.15, -0.1) is 0 Å². The van der Waals surface area contributed by atoms with E-state index in [1.54, 1.807) is 6.07 Å². The van der Waals surface area contributed by atoms with Crippen molar-refractivity contribution in [2.75, 3.05) is 11.4 Å². The summed E-state index contributed by atoms with van der Waals surface area (Å²) in [5.74, 6) is -1.32. The number of urea groups is 1. The molecule has 0 spiro atoms. The lowest BCUT2D eigenvalue weighted by molar-refractivity contribution is 0.189. The Balaban J connectivity index is 1.81. The minimum absolute atomic E-state index is 0.0226. The molecule has 1 saturated heterocycles. The molecule has 1 aliphatic carbocycles. The zero-order valence-corrected chi connectivity index (χ0v) is 17.0. The minimum Gasteiger partial charge on any atom is -0.319 e. The molecule has 1 heterocycles. The van der Waals surface area contributed by atoms with Gasteiger partial charge in [-0.2, -0.15) is 0 Å². The maximum Gasteiger partial charge on any atom is 0.325 e. The summed E-state index contributed by atoms with van der Waals surface area (Å²) in [6.07, 6.45) is 3.85. The summed E-state index contributed by atoms with van der Waals surface area (Å²) in [6, 6.07) is 14.0. The van der Waals surface area contributed by atoms with Gasteiger partial charge < -0.3 is 4.90 Å². The van der Waals surface area contributed by atoms with E-state index < -0.39 is 11.6 Å². The molecular weight excluding hydrogens is 370 g/mol. The summed E-state index contributed by atoms with van der Waals surface area (Å²) in [7, 11) is 0. The highest BCUT2D eigenvalue weighted by Crippen LogP contribution is 2.43. The maximum absolute atomic E-state index is 14.1. The second-order valence-electron chi connectivity index (χ2n) is 8.66. The number of hydrogen-bond donors (Lipinski definition) is 0. The van der Waals surface area contributed by atoms with Crippen molar-refractivity contribution in [2.45, 2.75) is 57.5 Å². The average Bonchev–Trinajstić information content (AvgIpc) is 2.84. The second-order valence-corrected chi connectivity index (χ2v) is 8.66. The van der Waals surface area contributed by atoms with Crippen LogP contribution >= 0.6 is 0 Å². The fraction of sp³-hybridized carbons (Fsp3) is 0.458. The molecule has 0 radical (unpaired) electrons. The molecule has 3 atom stereocenters. The van der Waals surface area contributed by atoms with E-state index in [9.17, 15) is 13.6 Å². The molecule has 0 N–H and O–H groups in total. The molecule has 2 aromatic carbocycles. The molecule has 29 heavy (non-hydrogen) atoms. The molecule has 4 rings (SSSR count). The number of anilines is 1. The van der Waals surface area contributed by atoms with E-state index >= 15 is 0 Å². The quantitative estimate of drug-likeness (QED) is 0.623. The molecule has 0 unspecified atom stereocenters. The first-order valence-corrected chi connectivity index (χ1v) is 10.6. The van der Waals surface area contributed by atoms with Crippen LogP contribution in [0, 0.1) is 17.6 Å². The molecular formula is C24H28F2N2O. The van der Waals surface area contributed by atoms with Crippen LogP contribution in [0.2, 0.25) is 0 Å². The average molecular weight is 398 g/mol. The Morgan fingerprint density at radius 3 is 2.41 bits per heavy atom. The number of amides is 2. The van der Waals surface area contributed by atoms with Gasteiger partial charge in [0.05, 0.1) is 12.1 Å². The number of nitrogens with zero attached hydrogens (tertiary/aromatic N) is 2. The molecule has 0 bridgehead atoms. The van der Waals surface area contributed by atoms with Crippen molar-refractivity contribution in [1.29, 1.82) is 0 Å². The fourth-order valence-electron chi connectivity index (χ4n) is 5.01. The summed E-state index contributed by atoms with van der Waals surface area (Å²) >= 11 is 0. The van der Waals surface area contributed by atoms with Crippen LogP contribution in [0.5, 0.6) is 0 Å². The SMILES string of the molecule is CC(C)CN1C(=O)N(c2ccccc2)[C@@H]2[C@H](c3ccc(F)c(F)c3)CCCC[C@@H]21. The highest BCUT2D eigenvalue weighted by Gasteiger charge is 2.50. The molecule has 2 aliphatic rings. The first-order chi connectivity index (χ1) is 14.0. The van der Waals surface area contributed by atoms with Crippen molar-refractivity contribution < 1.29 is 13.6 Å². The summed E-state index contributed by atoms with van der Waals surface area (Å²) in [5.41, 5.74) is 1.65. The van der Waals surface area contributed by atoms with E-state index in [1.807, 2.05) is 40.1 Å². The van der Waals surface area contributed by atoms with Gasteiger partial charge in [-0.1, -0.05) is 51.0 Å². The Hall–Kier alpha value is -2.43. The monoisotopic (exact) mass is 398 g/mol. The standard InChI is InChI=1S/C24H28F2N2O/c1-16(2)15-27-22-11-7-6-10-19(17-12-13-20(25)21(26)14-17)23(22)28(24(27)29)18-8-4-3-5-9-18/h3-5,8-9,12-14,16,19,22-23H,6-7,10-11,15H2,1-2H3/t19-,22-,23+/m0/s1. The second kappa shape index (κ2) is 8.13. The molecule has 154 valence electrons. The number of hydrogen-bond acceptors (Lipinski definition) is 1. The normalized spacial score (nSPS) is 24.7. The third kappa shape index (κ3) is 3.75. The van der Waals surface area contributed by atoms with Gasteiger partial charge in [0.1, 0.15) is 0 Å². The number of carbonyl (C=O) groups excluding carboxylic acids is 1. The third-order valence-electron chi connectivity index (χ3n) is 6.19. The lowest BCUT2D eigenvalue weighted by Gasteiger charge is -2.33. The zero-order valence-electron chi connectivity index (χ0n) is 17.0. The molecule has 1 saturated carbocycles. The Morgan fingerprint density at radius 1 is 1.00 bits per heavy atom. The predicted molar refractivity (Wildman–Crippen MR) is 111 cm³/mol. The van der Waals surface area contributed by atoms with Gasteiger partial charge in [-0.25, -0.2) is 13.6 Å². The Kier molecular flexibility index (Phi) is 5.57. The van der Waals surface area contributed by atoms with Crippen molar-refractivity contribution >= 4 is 11.7 Å². The van der Waals surface area contributed by atoms with Crippen LogP contribution in [0.4, 0.5) is 19.3 Å². The smallest absolute Gasteiger partial charge is 0.319 e. The van der Waals surface area contributed by atoms with Crippen LogP contribution in [0.25, 0.3) is 0 Å². The molecule has 3 nitrogen and oxygen atoms in total. The van der Waals surface area contributed by atoms with Crippen molar-refractivity contribution in [3.63, 3.8) is 0 Å². The van der Waals surface area contributed by atoms with Gasteiger partial charge in [-0.3, -0.25) is 4.90 Å². The van der Waals surface area contributed by atoms with Gasteiger partial charge in [-0.05, 0) is 48.6 Å². The fourth-order valence-corrected chi connectivity index (χ4v) is 5.01. The molecule has 5 heteroatoms. The Bertz CT molecular complexity index is 870. The number of benzene rings is 2. The van der Waals surface area contributed by atoms with Crippen molar-refractivity contribution in [2.24, 2.45) is 5.92 Å². The zero-order chi connectivity index (χ0) is 20.5. The maximum atomic E-state index is 14.1.